The maximum absolute atomic E-state index is 11.9. The van der Waals surface area contributed by atoms with Crippen LogP contribution in [-0.4, -0.2) is 42.1 Å². The van der Waals surface area contributed by atoms with Crippen LogP contribution in [0.25, 0.3) is 5.69 Å². The van der Waals surface area contributed by atoms with E-state index in [-0.39, 0.29) is 11.8 Å². The van der Waals surface area contributed by atoms with Crippen molar-refractivity contribution in [3.63, 3.8) is 0 Å². The number of hydrogen-bond donors (Lipinski definition) is 1. The molecule has 7 heteroatoms. The van der Waals surface area contributed by atoms with Gasteiger partial charge in [-0.1, -0.05) is 29.8 Å². The van der Waals surface area contributed by atoms with E-state index in [1.165, 1.54) is 0 Å². The first-order valence-electron chi connectivity index (χ1n) is 7.35. The highest BCUT2D eigenvalue weighted by Crippen LogP contribution is 2.24. The van der Waals surface area contributed by atoms with Crippen LogP contribution in [0.3, 0.4) is 0 Å². The Labute approximate surface area is 140 Å². The van der Waals surface area contributed by atoms with Gasteiger partial charge in [-0.3, -0.25) is 4.79 Å². The van der Waals surface area contributed by atoms with Crippen molar-refractivity contribution in [3.8, 4) is 11.6 Å². The Morgan fingerprint density at radius 3 is 2.83 bits per heavy atom. The van der Waals surface area contributed by atoms with Crippen molar-refractivity contribution in [2.24, 2.45) is 0 Å². The molecule has 2 aromatic rings. The Morgan fingerprint density at radius 2 is 2.13 bits per heavy atom. The van der Waals surface area contributed by atoms with Gasteiger partial charge < -0.3 is 14.8 Å². The lowest BCUT2D eigenvalue weighted by atomic mass is 10.3. The van der Waals surface area contributed by atoms with Gasteiger partial charge in [0.2, 0.25) is 0 Å². The van der Waals surface area contributed by atoms with Crippen molar-refractivity contribution >= 4 is 17.5 Å². The second-order valence-electron chi connectivity index (χ2n) is 4.96. The lowest BCUT2D eigenvalue weighted by molar-refractivity contribution is -0.127. The third-order valence-electron chi connectivity index (χ3n) is 3.14. The second-order valence-corrected chi connectivity index (χ2v) is 5.37. The molecule has 0 spiro atoms. The van der Waals surface area contributed by atoms with Crippen molar-refractivity contribution in [3.05, 3.63) is 41.6 Å². The number of aromatic nitrogens is 2. The van der Waals surface area contributed by atoms with Gasteiger partial charge in [0.15, 0.2) is 6.10 Å². The first-order valence-corrected chi connectivity index (χ1v) is 7.73. The Kier molecular flexibility index (Phi) is 6.43. The van der Waals surface area contributed by atoms with Crippen LogP contribution >= 0.6 is 11.6 Å². The fourth-order valence-corrected chi connectivity index (χ4v) is 2.10. The molecule has 1 N–H and O–H groups in total. The van der Waals surface area contributed by atoms with Crippen molar-refractivity contribution in [2.45, 2.75) is 19.4 Å². The number of ether oxygens (including phenoxy) is 2. The Balaban J connectivity index is 1.95. The minimum atomic E-state index is -0.686. The number of carbonyl (C=O) groups is 1. The monoisotopic (exact) mass is 337 g/mol. The molecule has 0 saturated carbocycles. The zero-order chi connectivity index (χ0) is 16.7. The number of benzene rings is 1. The number of rotatable bonds is 8. The van der Waals surface area contributed by atoms with Crippen LogP contribution in [0.1, 0.15) is 13.3 Å². The van der Waals surface area contributed by atoms with E-state index < -0.39 is 6.10 Å². The minimum absolute atomic E-state index is 0.216. The molecule has 6 nitrogen and oxygen atoms in total. The van der Waals surface area contributed by atoms with Crippen LogP contribution in [0, 0.1) is 0 Å². The fraction of sp³-hybridized carbons (Fsp3) is 0.375. The first kappa shape index (κ1) is 17.3. The molecule has 1 heterocycles. The molecule has 1 aromatic carbocycles. The lowest BCUT2D eigenvalue weighted by Gasteiger charge is -2.13. The Morgan fingerprint density at radius 1 is 1.39 bits per heavy atom. The van der Waals surface area contributed by atoms with Crippen LogP contribution in [-0.2, 0) is 9.53 Å². The van der Waals surface area contributed by atoms with E-state index >= 15 is 0 Å². The van der Waals surface area contributed by atoms with Crippen molar-refractivity contribution in [2.75, 3.05) is 20.3 Å². The number of methoxy groups -OCH3 is 1. The third-order valence-corrected chi connectivity index (χ3v) is 3.40. The van der Waals surface area contributed by atoms with E-state index in [2.05, 4.69) is 10.4 Å². The average molecular weight is 338 g/mol. The molecule has 0 aliphatic heterocycles. The summed E-state index contributed by atoms with van der Waals surface area (Å²) in [5, 5.41) is 7.40. The Bertz CT molecular complexity index is 631. The number of nitrogens with one attached hydrogen (secondary N) is 1. The summed E-state index contributed by atoms with van der Waals surface area (Å²) in [6.45, 7) is 2.79. The van der Waals surface area contributed by atoms with E-state index in [1.54, 1.807) is 24.9 Å². The molecule has 0 saturated heterocycles. The normalized spacial score (nSPS) is 12.0. The summed E-state index contributed by atoms with van der Waals surface area (Å²) in [5.41, 5.74) is 0.862. The predicted molar refractivity (Wildman–Crippen MR) is 88.2 cm³/mol. The zero-order valence-electron chi connectivity index (χ0n) is 13.2. The van der Waals surface area contributed by atoms with Gasteiger partial charge in [-0.05, 0) is 25.5 Å². The number of carbonyl (C=O) groups excluding carboxylic acids is 1. The third kappa shape index (κ3) is 4.97. The number of halogens is 1. The largest absolute Gasteiger partial charge is 0.462 e. The van der Waals surface area contributed by atoms with E-state index in [1.807, 2.05) is 30.3 Å². The summed E-state index contributed by atoms with van der Waals surface area (Å²) in [6, 6.07) is 9.53. The van der Waals surface area contributed by atoms with E-state index in [9.17, 15) is 4.79 Å². The number of amides is 1. The first-order chi connectivity index (χ1) is 11.1. The molecule has 124 valence electrons. The van der Waals surface area contributed by atoms with Crippen LogP contribution in [0.15, 0.2) is 36.5 Å². The SMILES string of the molecule is COCCCNC(=O)[C@@H](C)Oc1nn(-c2ccccc2)cc1Cl. The van der Waals surface area contributed by atoms with Crippen molar-refractivity contribution in [1.29, 1.82) is 0 Å². The van der Waals surface area contributed by atoms with Gasteiger partial charge in [0.05, 0.1) is 11.9 Å². The van der Waals surface area contributed by atoms with Crippen LogP contribution in [0.2, 0.25) is 5.02 Å². The Hall–Kier alpha value is -2.05. The molecule has 1 aromatic heterocycles. The molecule has 0 aliphatic rings. The highest BCUT2D eigenvalue weighted by Gasteiger charge is 2.18. The average Bonchev–Trinajstić information content (AvgIpc) is 2.93. The van der Waals surface area contributed by atoms with Crippen LogP contribution in [0.5, 0.6) is 5.88 Å². The molecule has 0 bridgehead atoms. The van der Waals surface area contributed by atoms with E-state index in [0.717, 1.165) is 12.1 Å². The van der Waals surface area contributed by atoms with Gasteiger partial charge in [-0.2, -0.15) is 0 Å². The molecule has 23 heavy (non-hydrogen) atoms. The summed E-state index contributed by atoms with van der Waals surface area (Å²) >= 11 is 6.13. The molecule has 2 rings (SSSR count). The second kappa shape index (κ2) is 8.55. The van der Waals surface area contributed by atoms with Gasteiger partial charge in [0, 0.05) is 20.3 Å². The summed E-state index contributed by atoms with van der Waals surface area (Å²) in [5.74, 6) is 0.0153. The van der Waals surface area contributed by atoms with E-state index in [0.29, 0.717) is 18.2 Å². The molecular formula is C16H20ClN3O3. The molecule has 1 amide bonds. The van der Waals surface area contributed by atoms with Gasteiger partial charge in [0.25, 0.3) is 11.8 Å². The van der Waals surface area contributed by atoms with Gasteiger partial charge >= 0.3 is 0 Å². The zero-order valence-corrected chi connectivity index (χ0v) is 13.9. The van der Waals surface area contributed by atoms with Crippen LogP contribution in [0.4, 0.5) is 0 Å². The summed E-state index contributed by atoms with van der Waals surface area (Å²) < 4.78 is 12.1. The lowest BCUT2D eigenvalue weighted by Crippen LogP contribution is -2.37. The standard InChI is InChI=1S/C16H20ClN3O3/c1-12(15(21)18-9-6-10-22-2)23-16-14(17)11-20(19-16)13-7-4-3-5-8-13/h3-5,7-8,11-12H,6,9-10H2,1-2H3,(H,18,21)/t12-/m1/s1. The molecule has 0 radical (unpaired) electrons. The summed E-state index contributed by atoms with van der Waals surface area (Å²) in [4.78, 5) is 11.9. The van der Waals surface area contributed by atoms with Gasteiger partial charge in [-0.25, -0.2) is 4.68 Å². The molecule has 1 atom stereocenters. The maximum atomic E-state index is 11.9. The minimum Gasteiger partial charge on any atom is -0.462 e. The molecule has 0 unspecified atom stereocenters. The summed E-state index contributed by atoms with van der Waals surface area (Å²) in [7, 11) is 1.62. The predicted octanol–water partition coefficient (Wildman–Crippen LogP) is 2.45. The van der Waals surface area contributed by atoms with Crippen molar-refractivity contribution < 1.29 is 14.3 Å². The topological polar surface area (TPSA) is 65.4 Å². The summed E-state index contributed by atoms with van der Waals surface area (Å²) in [6.07, 6.45) is 1.71. The highest BCUT2D eigenvalue weighted by molar-refractivity contribution is 6.31. The fourth-order valence-electron chi connectivity index (χ4n) is 1.92. The molecule has 0 fully saturated rings. The van der Waals surface area contributed by atoms with Gasteiger partial charge in [0.1, 0.15) is 5.02 Å². The number of hydrogen-bond acceptors (Lipinski definition) is 4. The van der Waals surface area contributed by atoms with Crippen molar-refractivity contribution in [1.82, 2.24) is 15.1 Å². The maximum Gasteiger partial charge on any atom is 0.260 e. The highest BCUT2D eigenvalue weighted by atomic mass is 35.5. The van der Waals surface area contributed by atoms with E-state index in [4.69, 9.17) is 21.1 Å². The molecule has 0 aliphatic carbocycles. The van der Waals surface area contributed by atoms with Crippen LogP contribution < -0.4 is 10.1 Å². The molecular weight excluding hydrogens is 318 g/mol. The number of nitrogens with zero attached hydrogens (tertiary/aromatic N) is 2. The smallest absolute Gasteiger partial charge is 0.260 e. The van der Waals surface area contributed by atoms with Gasteiger partial charge in [-0.15, -0.1) is 5.10 Å². The number of para-hydroxylation sites is 1. The quantitative estimate of drug-likeness (QED) is 0.751.